The minimum absolute atomic E-state index is 0.140. The van der Waals surface area contributed by atoms with Crippen LogP contribution in [0.1, 0.15) is 32.9 Å². The first kappa shape index (κ1) is 19.9. The summed E-state index contributed by atoms with van der Waals surface area (Å²) in [6.45, 7) is 3.85. The Morgan fingerprint density at radius 1 is 1.07 bits per heavy atom. The Morgan fingerprint density at radius 2 is 1.75 bits per heavy atom. The first-order valence-electron chi connectivity index (χ1n) is 8.74. The summed E-state index contributed by atoms with van der Waals surface area (Å²) in [6.07, 6.45) is 3.34. The second-order valence-electron chi connectivity index (χ2n) is 6.44. The fourth-order valence-electron chi connectivity index (χ4n) is 2.87. The van der Waals surface area contributed by atoms with Crippen molar-refractivity contribution >= 4 is 17.0 Å². The molecule has 0 aliphatic heterocycles. The maximum absolute atomic E-state index is 12.8. The number of hydrogen-bond acceptors (Lipinski definition) is 5. The van der Waals surface area contributed by atoms with E-state index in [-0.39, 0.29) is 18.2 Å². The van der Waals surface area contributed by atoms with Crippen molar-refractivity contribution in [3.63, 3.8) is 0 Å². The van der Waals surface area contributed by atoms with Gasteiger partial charge < -0.3 is 9.87 Å². The van der Waals surface area contributed by atoms with Gasteiger partial charge in [-0.15, -0.1) is 0 Å². The molecule has 0 radical (unpaired) electrons. The zero-order valence-corrected chi connectivity index (χ0v) is 16.5. The number of aryl methyl sites for hydroxylation is 1. The van der Waals surface area contributed by atoms with Crippen LogP contribution >= 0.6 is 0 Å². The minimum atomic E-state index is -2.25. The fraction of sp³-hybridized carbons (Fsp3) is 0.190. The lowest BCUT2D eigenvalue weighted by atomic mass is 9.95. The van der Waals surface area contributed by atoms with Crippen molar-refractivity contribution in [2.24, 2.45) is 0 Å². The summed E-state index contributed by atoms with van der Waals surface area (Å²) < 4.78 is 22.5. The molecule has 3 aromatic rings. The topological polar surface area (TPSA) is 95.0 Å². The molecule has 0 bridgehead atoms. The lowest BCUT2D eigenvalue weighted by Gasteiger charge is -2.16. The van der Waals surface area contributed by atoms with E-state index in [0.29, 0.717) is 22.5 Å². The van der Waals surface area contributed by atoms with Crippen LogP contribution in [0, 0.1) is 13.8 Å². The Kier molecular flexibility index (Phi) is 6.28. The molecular formula is C21H20N3O3S-. The van der Waals surface area contributed by atoms with Crippen molar-refractivity contribution in [3.8, 4) is 11.1 Å². The lowest BCUT2D eigenvalue weighted by Crippen LogP contribution is -2.24. The molecule has 0 saturated carbocycles. The van der Waals surface area contributed by atoms with Gasteiger partial charge in [0.05, 0.1) is 0 Å². The highest BCUT2D eigenvalue weighted by molar-refractivity contribution is 7.78. The molecule has 1 atom stereocenters. The number of nitrogens with zero attached hydrogens (tertiary/aromatic N) is 2. The first-order chi connectivity index (χ1) is 13.4. The standard InChI is InChI=1S/C21H21N3O3S/c1-14-19(13-28(26)27)8-18(17-6-4-3-5-7-17)9-20(14)21(25)24-12-16-10-22-15(2)23-11-16/h3-11H,12-13H2,1-2H3,(H,24,25)(H,26,27)/p-1. The second-order valence-corrected chi connectivity index (χ2v) is 7.34. The largest absolute Gasteiger partial charge is 0.772 e. The van der Waals surface area contributed by atoms with Crippen LogP contribution in [0.4, 0.5) is 0 Å². The van der Waals surface area contributed by atoms with Crippen LogP contribution in [-0.4, -0.2) is 24.6 Å². The molecule has 0 aliphatic rings. The van der Waals surface area contributed by atoms with E-state index >= 15 is 0 Å². The number of rotatable bonds is 6. The fourth-order valence-corrected chi connectivity index (χ4v) is 3.43. The van der Waals surface area contributed by atoms with Crippen molar-refractivity contribution in [1.82, 2.24) is 15.3 Å². The molecule has 0 saturated heterocycles. The van der Waals surface area contributed by atoms with E-state index in [1.54, 1.807) is 32.3 Å². The average Bonchev–Trinajstić information content (AvgIpc) is 2.69. The molecule has 3 rings (SSSR count). The highest BCUT2D eigenvalue weighted by Crippen LogP contribution is 2.26. The third-order valence-corrected chi connectivity index (χ3v) is 4.97. The minimum Gasteiger partial charge on any atom is -0.772 e. The summed E-state index contributed by atoms with van der Waals surface area (Å²) in [5.41, 5.74) is 4.23. The SMILES string of the molecule is Cc1ncc(CNC(=O)c2cc(-c3ccccc3)cc(CS(=O)[O-])c2C)cn1. The Bertz CT molecular complexity index is 1010. The van der Waals surface area contributed by atoms with Gasteiger partial charge in [0.15, 0.2) is 0 Å². The molecular weight excluding hydrogens is 374 g/mol. The van der Waals surface area contributed by atoms with Crippen LogP contribution in [0.5, 0.6) is 0 Å². The quantitative estimate of drug-likeness (QED) is 0.648. The van der Waals surface area contributed by atoms with Gasteiger partial charge in [0, 0.05) is 35.8 Å². The van der Waals surface area contributed by atoms with Gasteiger partial charge >= 0.3 is 0 Å². The summed E-state index contributed by atoms with van der Waals surface area (Å²) in [4.78, 5) is 21.1. The maximum atomic E-state index is 12.8. The Labute approximate surface area is 166 Å². The van der Waals surface area contributed by atoms with Gasteiger partial charge in [0.25, 0.3) is 5.91 Å². The van der Waals surface area contributed by atoms with Crippen LogP contribution in [-0.2, 0) is 23.4 Å². The third-order valence-electron chi connectivity index (χ3n) is 4.43. The molecule has 6 nitrogen and oxygen atoms in total. The van der Waals surface area contributed by atoms with Crippen LogP contribution in [0.3, 0.4) is 0 Å². The highest BCUT2D eigenvalue weighted by atomic mass is 32.2. The molecule has 2 aromatic carbocycles. The number of nitrogens with one attached hydrogen (secondary N) is 1. The number of benzene rings is 2. The van der Waals surface area contributed by atoms with Gasteiger partial charge in [0.1, 0.15) is 5.82 Å². The molecule has 144 valence electrons. The zero-order chi connectivity index (χ0) is 20.1. The number of hydrogen-bond donors (Lipinski definition) is 1. The van der Waals surface area contributed by atoms with Crippen molar-refractivity contribution in [1.29, 1.82) is 0 Å². The summed E-state index contributed by atoms with van der Waals surface area (Å²) in [6, 6.07) is 13.2. The maximum Gasteiger partial charge on any atom is 0.251 e. The number of aromatic nitrogens is 2. The predicted octanol–water partition coefficient (Wildman–Crippen LogP) is 3.07. The van der Waals surface area contributed by atoms with Gasteiger partial charge in [-0.25, -0.2) is 9.97 Å². The van der Waals surface area contributed by atoms with Crippen molar-refractivity contribution in [3.05, 3.63) is 82.9 Å². The van der Waals surface area contributed by atoms with Crippen molar-refractivity contribution in [2.45, 2.75) is 26.1 Å². The summed E-state index contributed by atoms with van der Waals surface area (Å²) in [7, 11) is 0. The molecule has 1 amide bonds. The predicted molar refractivity (Wildman–Crippen MR) is 107 cm³/mol. The molecule has 1 aromatic heterocycles. The van der Waals surface area contributed by atoms with Crippen LogP contribution in [0.25, 0.3) is 11.1 Å². The monoisotopic (exact) mass is 394 g/mol. The molecule has 1 unspecified atom stereocenters. The number of amides is 1. The van der Waals surface area contributed by atoms with E-state index in [0.717, 1.165) is 16.7 Å². The number of carbonyl (C=O) groups is 1. The Hall–Kier alpha value is -2.90. The molecule has 0 spiro atoms. The van der Waals surface area contributed by atoms with E-state index in [1.165, 1.54) is 0 Å². The van der Waals surface area contributed by atoms with E-state index in [4.69, 9.17) is 0 Å². The smallest absolute Gasteiger partial charge is 0.251 e. The van der Waals surface area contributed by atoms with Gasteiger partial charge in [-0.3, -0.25) is 9.00 Å². The van der Waals surface area contributed by atoms with Gasteiger partial charge in [-0.05, 0) is 48.2 Å². The van der Waals surface area contributed by atoms with Gasteiger partial charge in [-0.1, -0.05) is 41.4 Å². The first-order valence-corrected chi connectivity index (χ1v) is 9.99. The summed E-state index contributed by atoms with van der Waals surface area (Å²) in [5, 5.41) is 2.86. The van der Waals surface area contributed by atoms with E-state index < -0.39 is 11.1 Å². The Balaban J connectivity index is 1.92. The molecule has 1 heterocycles. The normalized spacial score (nSPS) is 11.8. The molecule has 28 heavy (non-hydrogen) atoms. The third kappa shape index (κ3) is 4.88. The molecule has 7 heteroatoms. The second kappa shape index (κ2) is 8.86. The van der Waals surface area contributed by atoms with E-state index in [2.05, 4.69) is 15.3 Å². The number of carbonyl (C=O) groups excluding carboxylic acids is 1. The molecule has 1 N–H and O–H groups in total. The zero-order valence-electron chi connectivity index (χ0n) is 15.6. The Morgan fingerprint density at radius 3 is 2.39 bits per heavy atom. The van der Waals surface area contributed by atoms with E-state index in [9.17, 15) is 13.6 Å². The van der Waals surface area contributed by atoms with Gasteiger partial charge in [0.2, 0.25) is 0 Å². The van der Waals surface area contributed by atoms with E-state index in [1.807, 2.05) is 36.4 Å². The highest BCUT2D eigenvalue weighted by Gasteiger charge is 2.15. The lowest BCUT2D eigenvalue weighted by molar-refractivity contribution is 0.0950. The average molecular weight is 394 g/mol. The van der Waals surface area contributed by atoms with Crippen molar-refractivity contribution < 1.29 is 13.6 Å². The molecule has 0 aliphatic carbocycles. The molecule has 0 fully saturated rings. The summed E-state index contributed by atoms with van der Waals surface area (Å²) >= 11 is -2.25. The van der Waals surface area contributed by atoms with Crippen LogP contribution < -0.4 is 5.32 Å². The van der Waals surface area contributed by atoms with Crippen LogP contribution in [0.15, 0.2) is 54.9 Å². The van der Waals surface area contributed by atoms with Crippen LogP contribution in [0.2, 0.25) is 0 Å². The summed E-state index contributed by atoms with van der Waals surface area (Å²) in [5.74, 6) is 0.254. The van der Waals surface area contributed by atoms with Crippen molar-refractivity contribution in [2.75, 3.05) is 0 Å². The van der Waals surface area contributed by atoms with Gasteiger partial charge in [-0.2, -0.15) is 0 Å².